The number of hydrogen-bond acceptors (Lipinski definition) is 4. The molecule has 1 aromatic carbocycles. The molecule has 5 nitrogen and oxygen atoms in total. The molecule has 122 valence electrons. The molecule has 0 spiro atoms. The summed E-state index contributed by atoms with van der Waals surface area (Å²) in [4.78, 5) is 15.4. The van der Waals surface area contributed by atoms with E-state index in [1.54, 1.807) is 6.07 Å². The molecule has 2 rings (SSSR count). The molecule has 0 unspecified atom stereocenters. The molecule has 0 saturated carbocycles. The largest absolute Gasteiger partial charge is 0.374 e. The third-order valence-corrected chi connectivity index (χ3v) is 3.89. The van der Waals surface area contributed by atoms with Crippen molar-refractivity contribution in [1.82, 2.24) is 9.80 Å². The van der Waals surface area contributed by atoms with Gasteiger partial charge in [0.1, 0.15) is 5.82 Å². The fourth-order valence-electron chi connectivity index (χ4n) is 2.72. The van der Waals surface area contributed by atoms with E-state index in [-0.39, 0.29) is 18.5 Å². The van der Waals surface area contributed by atoms with Gasteiger partial charge in [-0.05, 0) is 37.2 Å². The topological polar surface area (TPSA) is 58.8 Å². The molecule has 1 atom stereocenters. The second kappa shape index (κ2) is 7.67. The second-order valence-corrected chi connectivity index (χ2v) is 5.96. The van der Waals surface area contributed by atoms with Gasteiger partial charge >= 0.3 is 0 Å². The van der Waals surface area contributed by atoms with E-state index < -0.39 is 5.91 Å². The van der Waals surface area contributed by atoms with Crippen molar-refractivity contribution in [3.63, 3.8) is 0 Å². The molecule has 2 N–H and O–H groups in total. The number of nitrogens with zero attached hydrogens (tertiary/aromatic N) is 2. The fraction of sp³-hybridized carbons (Fsp3) is 0.562. The average Bonchev–Trinajstić information content (AvgIpc) is 2.42. The third-order valence-electron chi connectivity index (χ3n) is 3.89. The maximum atomic E-state index is 13.4. The number of hydrogen-bond donors (Lipinski definition) is 1. The number of morpholine rings is 1. The lowest BCUT2D eigenvalue weighted by atomic mass is 10.1. The Morgan fingerprint density at radius 2 is 2.32 bits per heavy atom. The van der Waals surface area contributed by atoms with Gasteiger partial charge in [0.05, 0.1) is 19.3 Å². The molecule has 1 fully saturated rings. The fourth-order valence-corrected chi connectivity index (χ4v) is 2.72. The van der Waals surface area contributed by atoms with Crippen molar-refractivity contribution >= 4 is 5.91 Å². The highest BCUT2D eigenvalue weighted by atomic mass is 19.1. The van der Waals surface area contributed by atoms with E-state index >= 15 is 0 Å². The minimum atomic E-state index is -0.391. The summed E-state index contributed by atoms with van der Waals surface area (Å²) < 4.78 is 19.2. The number of rotatable bonds is 6. The Bertz CT molecular complexity index is 524. The molecule has 1 aromatic rings. The number of carbonyl (C=O) groups excluding carboxylic acids is 1. The van der Waals surface area contributed by atoms with Gasteiger partial charge in [-0.15, -0.1) is 0 Å². The van der Waals surface area contributed by atoms with Crippen LogP contribution in [0.4, 0.5) is 4.39 Å². The normalized spacial score (nSPS) is 19.5. The molecule has 1 aliphatic rings. The monoisotopic (exact) mass is 309 g/mol. The molecule has 1 amide bonds. The van der Waals surface area contributed by atoms with Crippen molar-refractivity contribution in [2.75, 3.05) is 39.8 Å². The van der Waals surface area contributed by atoms with Crippen LogP contribution in [0.15, 0.2) is 18.2 Å². The van der Waals surface area contributed by atoms with Gasteiger partial charge in [0, 0.05) is 26.2 Å². The van der Waals surface area contributed by atoms with Gasteiger partial charge in [0.25, 0.3) is 0 Å². The number of ether oxygens (including phenoxy) is 1. The number of halogens is 1. The lowest BCUT2D eigenvalue weighted by Gasteiger charge is -2.33. The zero-order valence-electron chi connectivity index (χ0n) is 13.2. The lowest BCUT2D eigenvalue weighted by molar-refractivity contribution is -0.120. The predicted octanol–water partition coefficient (Wildman–Crippen LogP) is 0.752. The van der Waals surface area contributed by atoms with Crippen LogP contribution < -0.4 is 5.73 Å². The van der Waals surface area contributed by atoms with Gasteiger partial charge in [-0.1, -0.05) is 6.07 Å². The summed E-state index contributed by atoms with van der Waals surface area (Å²) >= 11 is 0. The first kappa shape index (κ1) is 16.9. The summed E-state index contributed by atoms with van der Waals surface area (Å²) in [6.45, 7) is 5.57. The van der Waals surface area contributed by atoms with Crippen LogP contribution in [-0.2, 0) is 16.1 Å². The van der Waals surface area contributed by atoms with Crippen LogP contribution in [0.5, 0.6) is 0 Å². The van der Waals surface area contributed by atoms with Gasteiger partial charge in [-0.3, -0.25) is 9.69 Å². The number of likely N-dealkylation sites (N-methyl/N-ethyl adjacent to an activating group) is 1. The van der Waals surface area contributed by atoms with Crippen molar-refractivity contribution in [3.05, 3.63) is 35.1 Å². The Hall–Kier alpha value is -1.50. The molecule has 0 aromatic heterocycles. The number of amides is 1. The molecule has 1 aliphatic heterocycles. The number of aryl methyl sites for hydroxylation is 1. The molecule has 22 heavy (non-hydrogen) atoms. The second-order valence-electron chi connectivity index (χ2n) is 5.96. The zero-order valence-corrected chi connectivity index (χ0v) is 13.2. The number of carbonyl (C=O) groups is 1. The maximum Gasteiger partial charge on any atom is 0.231 e. The van der Waals surface area contributed by atoms with E-state index in [1.807, 2.05) is 18.9 Å². The van der Waals surface area contributed by atoms with Crippen molar-refractivity contribution in [3.8, 4) is 0 Å². The minimum absolute atomic E-state index is 0.0342. The highest BCUT2D eigenvalue weighted by molar-refractivity contribution is 5.75. The van der Waals surface area contributed by atoms with E-state index in [9.17, 15) is 9.18 Å². The van der Waals surface area contributed by atoms with Crippen LogP contribution in [0.1, 0.15) is 11.1 Å². The summed E-state index contributed by atoms with van der Waals surface area (Å²) in [5.41, 5.74) is 7.21. The van der Waals surface area contributed by atoms with Crippen LogP contribution in [0.2, 0.25) is 0 Å². The van der Waals surface area contributed by atoms with Crippen LogP contribution in [0.3, 0.4) is 0 Å². The smallest absolute Gasteiger partial charge is 0.231 e. The van der Waals surface area contributed by atoms with Gasteiger partial charge < -0.3 is 15.4 Å². The first-order valence-electron chi connectivity index (χ1n) is 7.50. The highest BCUT2D eigenvalue weighted by Gasteiger charge is 2.22. The average molecular weight is 309 g/mol. The van der Waals surface area contributed by atoms with Gasteiger partial charge in [0.15, 0.2) is 0 Å². The quantitative estimate of drug-likeness (QED) is 0.842. The third kappa shape index (κ3) is 5.05. The Kier molecular flexibility index (Phi) is 5.88. The van der Waals surface area contributed by atoms with Crippen LogP contribution in [0, 0.1) is 12.7 Å². The minimum Gasteiger partial charge on any atom is -0.374 e. The highest BCUT2D eigenvalue weighted by Crippen LogP contribution is 2.14. The number of primary amides is 1. The summed E-state index contributed by atoms with van der Waals surface area (Å²) in [6.07, 6.45) is 0.0342. The molecular formula is C16H24FN3O2. The van der Waals surface area contributed by atoms with Gasteiger partial charge in [0.2, 0.25) is 5.91 Å². The predicted molar refractivity (Wildman–Crippen MR) is 82.8 cm³/mol. The molecular weight excluding hydrogens is 285 g/mol. The maximum absolute atomic E-state index is 13.4. The van der Waals surface area contributed by atoms with Gasteiger partial charge in [-0.2, -0.15) is 0 Å². The van der Waals surface area contributed by atoms with E-state index in [4.69, 9.17) is 10.5 Å². The van der Waals surface area contributed by atoms with Crippen molar-refractivity contribution in [2.24, 2.45) is 5.73 Å². The SMILES string of the molecule is Cc1ccc(F)cc1CN(CC(N)=O)C[C@@H]1CN(C)CCO1. The van der Waals surface area contributed by atoms with Crippen LogP contribution >= 0.6 is 0 Å². The number of benzene rings is 1. The molecule has 6 heteroatoms. The van der Waals surface area contributed by atoms with Gasteiger partial charge in [-0.25, -0.2) is 4.39 Å². The Balaban J connectivity index is 2.05. The Labute approximate surface area is 130 Å². The lowest BCUT2D eigenvalue weighted by Crippen LogP contribution is -2.47. The summed E-state index contributed by atoms with van der Waals surface area (Å²) in [6, 6.07) is 4.70. The van der Waals surface area contributed by atoms with E-state index in [2.05, 4.69) is 4.90 Å². The summed E-state index contributed by atoms with van der Waals surface area (Å²) in [5, 5.41) is 0. The molecule has 0 bridgehead atoms. The standard InChI is InChI=1S/C16H24FN3O2/c1-12-3-4-14(17)7-13(12)8-20(11-16(18)21)10-15-9-19(2)5-6-22-15/h3-4,7,15H,5-6,8-11H2,1-2H3,(H2,18,21)/t15-/m0/s1. The van der Waals surface area contributed by atoms with E-state index in [0.29, 0.717) is 19.7 Å². The van der Waals surface area contributed by atoms with Crippen molar-refractivity contribution in [2.45, 2.75) is 19.6 Å². The van der Waals surface area contributed by atoms with E-state index in [1.165, 1.54) is 12.1 Å². The van der Waals surface area contributed by atoms with Crippen molar-refractivity contribution in [1.29, 1.82) is 0 Å². The van der Waals surface area contributed by atoms with E-state index in [0.717, 1.165) is 24.2 Å². The first-order valence-corrected chi connectivity index (χ1v) is 7.50. The molecule has 1 saturated heterocycles. The number of nitrogens with two attached hydrogens (primary N) is 1. The molecule has 0 radical (unpaired) electrons. The van der Waals surface area contributed by atoms with Crippen molar-refractivity contribution < 1.29 is 13.9 Å². The first-order chi connectivity index (χ1) is 10.4. The Morgan fingerprint density at radius 1 is 1.55 bits per heavy atom. The van der Waals surface area contributed by atoms with Crippen LogP contribution in [-0.4, -0.2) is 61.6 Å². The molecule has 1 heterocycles. The summed E-state index contributed by atoms with van der Waals surface area (Å²) in [7, 11) is 2.05. The Morgan fingerprint density at radius 3 is 3.00 bits per heavy atom. The zero-order chi connectivity index (χ0) is 16.1. The summed E-state index contributed by atoms with van der Waals surface area (Å²) in [5.74, 6) is -0.661. The molecule has 0 aliphatic carbocycles. The van der Waals surface area contributed by atoms with Crippen LogP contribution in [0.25, 0.3) is 0 Å².